The lowest BCUT2D eigenvalue weighted by Crippen LogP contribution is -2.44. The van der Waals surface area contributed by atoms with Crippen molar-refractivity contribution in [2.45, 2.75) is 62.3 Å². The maximum absolute atomic E-state index is 3.81. The highest BCUT2D eigenvalue weighted by Gasteiger charge is 2.25. The third kappa shape index (κ3) is 2.63. The molecule has 0 aromatic rings. The molecular formula is C11H21NS. The third-order valence-corrected chi connectivity index (χ3v) is 4.63. The van der Waals surface area contributed by atoms with Crippen LogP contribution in [0.1, 0.15) is 44.9 Å². The Hall–Kier alpha value is 0.310. The minimum atomic E-state index is 0.844. The van der Waals surface area contributed by atoms with Crippen molar-refractivity contribution >= 4 is 11.8 Å². The average molecular weight is 199 g/mol. The van der Waals surface area contributed by atoms with Gasteiger partial charge in [0, 0.05) is 17.3 Å². The van der Waals surface area contributed by atoms with Gasteiger partial charge in [-0.25, -0.2) is 0 Å². The molecule has 0 saturated heterocycles. The first-order valence-corrected chi connectivity index (χ1v) is 6.96. The highest BCUT2D eigenvalue weighted by molar-refractivity contribution is 7.99. The van der Waals surface area contributed by atoms with Crippen molar-refractivity contribution < 1.29 is 0 Å². The van der Waals surface area contributed by atoms with Crippen LogP contribution in [0.4, 0.5) is 0 Å². The van der Waals surface area contributed by atoms with Gasteiger partial charge in [-0.3, -0.25) is 0 Å². The molecule has 2 fully saturated rings. The quantitative estimate of drug-likeness (QED) is 0.750. The molecule has 0 aliphatic heterocycles. The van der Waals surface area contributed by atoms with Crippen molar-refractivity contribution in [1.82, 2.24) is 5.32 Å². The lowest BCUT2D eigenvalue weighted by Gasteiger charge is -2.35. The van der Waals surface area contributed by atoms with Gasteiger partial charge in [-0.15, -0.1) is 0 Å². The minimum absolute atomic E-state index is 0.844. The largest absolute Gasteiger partial charge is 0.311 e. The summed E-state index contributed by atoms with van der Waals surface area (Å²) < 4.78 is 0. The Balaban J connectivity index is 1.71. The summed E-state index contributed by atoms with van der Waals surface area (Å²) in [7, 11) is 0. The van der Waals surface area contributed by atoms with Crippen LogP contribution in [-0.2, 0) is 0 Å². The van der Waals surface area contributed by atoms with E-state index in [0.717, 1.165) is 17.3 Å². The third-order valence-electron chi connectivity index (χ3n) is 3.54. The van der Waals surface area contributed by atoms with Crippen LogP contribution >= 0.6 is 11.8 Å². The summed E-state index contributed by atoms with van der Waals surface area (Å²) in [6, 6.07) is 1.72. The maximum atomic E-state index is 3.81. The SMILES string of the molecule is CSC1CCCC(NC2CCC2)C1. The van der Waals surface area contributed by atoms with Gasteiger partial charge >= 0.3 is 0 Å². The molecule has 0 aromatic carbocycles. The van der Waals surface area contributed by atoms with E-state index in [1.807, 2.05) is 0 Å². The highest BCUT2D eigenvalue weighted by atomic mass is 32.2. The molecular weight excluding hydrogens is 178 g/mol. The second-order valence-corrected chi connectivity index (χ2v) is 5.65. The topological polar surface area (TPSA) is 12.0 Å². The van der Waals surface area contributed by atoms with Crippen molar-refractivity contribution in [1.29, 1.82) is 0 Å². The van der Waals surface area contributed by atoms with E-state index in [-0.39, 0.29) is 0 Å². The fraction of sp³-hybridized carbons (Fsp3) is 1.00. The Bertz CT molecular complexity index is 154. The zero-order valence-corrected chi connectivity index (χ0v) is 9.41. The summed E-state index contributed by atoms with van der Waals surface area (Å²) in [4.78, 5) is 0. The molecule has 1 nitrogen and oxygen atoms in total. The Labute approximate surface area is 86.0 Å². The van der Waals surface area contributed by atoms with E-state index in [1.54, 1.807) is 0 Å². The van der Waals surface area contributed by atoms with Crippen LogP contribution in [0, 0.1) is 0 Å². The van der Waals surface area contributed by atoms with Crippen molar-refractivity contribution in [3.05, 3.63) is 0 Å². The van der Waals surface area contributed by atoms with Gasteiger partial charge in [-0.2, -0.15) is 11.8 Å². The first-order chi connectivity index (χ1) is 6.38. The highest BCUT2D eigenvalue weighted by Crippen LogP contribution is 2.29. The molecule has 0 bridgehead atoms. The first-order valence-electron chi connectivity index (χ1n) is 5.67. The number of hydrogen-bond acceptors (Lipinski definition) is 2. The number of thioether (sulfide) groups is 1. The lowest BCUT2D eigenvalue weighted by molar-refractivity contribution is 0.269. The van der Waals surface area contributed by atoms with Crippen molar-refractivity contribution in [3.63, 3.8) is 0 Å². The maximum Gasteiger partial charge on any atom is 0.00801 e. The molecule has 0 aromatic heterocycles. The van der Waals surface area contributed by atoms with Crippen LogP contribution in [0.15, 0.2) is 0 Å². The molecule has 0 radical (unpaired) electrons. The summed E-state index contributed by atoms with van der Waals surface area (Å²) in [6.07, 6.45) is 12.3. The van der Waals surface area contributed by atoms with Crippen molar-refractivity contribution in [3.8, 4) is 0 Å². The molecule has 2 saturated carbocycles. The number of rotatable bonds is 3. The van der Waals surface area contributed by atoms with Gasteiger partial charge in [0.2, 0.25) is 0 Å². The Morgan fingerprint density at radius 3 is 2.31 bits per heavy atom. The standard InChI is InChI=1S/C11H21NS/c1-13-11-7-3-6-10(8-11)12-9-4-2-5-9/h9-12H,2-8H2,1H3. The molecule has 2 unspecified atom stereocenters. The molecule has 0 spiro atoms. The fourth-order valence-corrected chi connectivity index (χ4v) is 3.25. The molecule has 0 heterocycles. The minimum Gasteiger partial charge on any atom is -0.311 e. The van der Waals surface area contributed by atoms with Crippen LogP contribution in [0.25, 0.3) is 0 Å². The van der Waals surface area contributed by atoms with Gasteiger partial charge in [0.05, 0.1) is 0 Å². The van der Waals surface area contributed by atoms with E-state index >= 15 is 0 Å². The van der Waals surface area contributed by atoms with E-state index in [2.05, 4.69) is 23.3 Å². The second kappa shape index (κ2) is 4.70. The zero-order valence-electron chi connectivity index (χ0n) is 8.59. The summed E-state index contributed by atoms with van der Waals surface area (Å²) in [5, 5.41) is 4.74. The van der Waals surface area contributed by atoms with Crippen molar-refractivity contribution in [2.75, 3.05) is 6.26 Å². The molecule has 0 amide bonds. The van der Waals surface area contributed by atoms with Crippen LogP contribution in [0.3, 0.4) is 0 Å². The van der Waals surface area contributed by atoms with E-state index in [0.29, 0.717) is 0 Å². The predicted molar refractivity (Wildman–Crippen MR) is 60.3 cm³/mol. The van der Waals surface area contributed by atoms with Gasteiger partial charge in [0.1, 0.15) is 0 Å². The van der Waals surface area contributed by atoms with Crippen LogP contribution in [0.2, 0.25) is 0 Å². The lowest BCUT2D eigenvalue weighted by atomic mass is 9.89. The van der Waals surface area contributed by atoms with Crippen LogP contribution < -0.4 is 5.32 Å². The van der Waals surface area contributed by atoms with E-state index < -0.39 is 0 Å². The zero-order chi connectivity index (χ0) is 9.10. The van der Waals surface area contributed by atoms with Gasteiger partial charge in [-0.05, 0) is 38.4 Å². The van der Waals surface area contributed by atoms with Gasteiger partial charge in [0.25, 0.3) is 0 Å². The molecule has 2 aliphatic rings. The Morgan fingerprint density at radius 2 is 1.69 bits per heavy atom. The normalized spacial score (nSPS) is 35.8. The van der Waals surface area contributed by atoms with Gasteiger partial charge < -0.3 is 5.32 Å². The number of nitrogens with one attached hydrogen (secondary N) is 1. The molecule has 76 valence electrons. The fourth-order valence-electron chi connectivity index (χ4n) is 2.42. The molecule has 13 heavy (non-hydrogen) atoms. The van der Waals surface area contributed by atoms with Gasteiger partial charge in [-0.1, -0.05) is 12.8 Å². The molecule has 2 rings (SSSR count). The Kier molecular flexibility index (Phi) is 3.56. The monoisotopic (exact) mass is 199 g/mol. The average Bonchev–Trinajstić information content (AvgIpc) is 2.12. The van der Waals surface area contributed by atoms with Crippen LogP contribution in [0.5, 0.6) is 0 Å². The van der Waals surface area contributed by atoms with Crippen LogP contribution in [-0.4, -0.2) is 23.6 Å². The Morgan fingerprint density at radius 1 is 1.00 bits per heavy atom. The van der Waals surface area contributed by atoms with E-state index in [9.17, 15) is 0 Å². The van der Waals surface area contributed by atoms with Crippen molar-refractivity contribution in [2.24, 2.45) is 0 Å². The molecule has 2 aliphatic carbocycles. The molecule has 2 atom stereocenters. The van der Waals surface area contributed by atoms with E-state index in [4.69, 9.17) is 0 Å². The summed E-state index contributed by atoms with van der Waals surface area (Å²) >= 11 is 2.06. The summed E-state index contributed by atoms with van der Waals surface area (Å²) in [5.41, 5.74) is 0. The smallest absolute Gasteiger partial charge is 0.00801 e. The second-order valence-electron chi connectivity index (χ2n) is 4.52. The molecule has 1 N–H and O–H groups in total. The molecule has 2 heteroatoms. The number of hydrogen-bond donors (Lipinski definition) is 1. The predicted octanol–water partition coefficient (Wildman–Crippen LogP) is 2.80. The van der Waals surface area contributed by atoms with E-state index in [1.165, 1.54) is 44.9 Å². The summed E-state index contributed by atoms with van der Waals surface area (Å²) in [5.74, 6) is 0. The van der Waals surface area contributed by atoms with Gasteiger partial charge in [0.15, 0.2) is 0 Å². The summed E-state index contributed by atoms with van der Waals surface area (Å²) in [6.45, 7) is 0. The first kappa shape index (κ1) is 9.85.